The average molecular weight is 308 g/mol. The molecule has 0 radical (unpaired) electrons. The highest BCUT2D eigenvalue weighted by Gasteiger charge is 1.96. The van der Waals surface area contributed by atoms with Gasteiger partial charge in [-0.25, -0.2) is 0 Å². The molecule has 0 heterocycles. The molecule has 0 bridgehead atoms. The molecule has 0 rings (SSSR count). The van der Waals surface area contributed by atoms with E-state index in [1.807, 2.05) is 13.8 Å². The van der Waals surface area contributed by atoms with Gasteiger partial charge >= 0.3 is 0 Å². The van der Waals surface area contributed by atoms with Crippen molar-refractivity contribution in [1.82, 2.24) is 0 Å². The zero-order valence-electron chi connectivity index (χ0n) is 12.3. The van der Waals surface area contributed by atoms with Crippen molar-refractivity contribution in [3.8, 4) is 0 Å². The van der Waals surface area contributed by atoms with Gasteiger partial charge in [0.1, 0.15) is 0 Å². The zero-order valence-corrected chi connectivity index (χ0v) is 12.3. The van der Waals surface area contributed by atoms with E-state index in [0.717, 1.165) is 13.2 Å². The second-order valence-electron chi connectivity index (χ2n) is 3.28. The van der Waals surface area contributed by atoms with Crippen LogP contribution in [0.5, 0.6) is 0 Å². The van der Waals surface area contributed by atoms with E-state index in [1.165, 1.54) is 0 Å². The van der Waals surface area contributed by atoms with E-state index in [0.29, 0.717) is 0 Å². The Kier molecular flexibility index (Phi) is 27.4. The Labute approximate surface area is 123 Å². The third-order valence-electron chi connectivity index (χ3n) is 1.54. The molecule has 0 amide bonds. The van der Waals surface area contributed by atoms with Crippen molar-refractivity contribution in [3.63, 3.8) is 0 Å². The van der Waals surface area contributed by atoms with Gasteiger partial charge in [0.2, 0.25) is 0 Å². The fourth-order valence-corrected chi connectivity index (χ4v) is 0.581. The summed E-state index contributed by atoms with van der Waals surface area (Å²) in [6.45, 7) is 4.82. The van der Waals surface area contributed by atoms with E-state index in [9.17, 15) is 0 Å². The number of ether oxygens (including phenoxy) is 1. The summed E-state index contributed by atoms with van der Waals surface area (Å²) in [6.07, 6.45) is -1.82. The topological polar surface area (TPSA) is 188 Å². The van der Waals surface area contributed by atoms with Crippen molar-refractivity contribution in [2.45, 2.75) is 26.1 Å². The lowest BCUT2D eigenvalue weighted by molar-refractivity contribution is 0.102. The van der Waals surface area contributed by atoms with E-state index in [2.05, 4.69) is 20.1 Å². The summed E-state index contributed by atoms with van der Waals surface area (Å²) < 4.78 is 4.83. The molecule has 0 fully saturated rings. The molecule has 0 saturated carbocycles. The van der Waals surface area contributed by atoms with Crippen LogP contribution in [-0.2, 0) is 4.74 Å². The van der Waals surface area contributed by atoms with Crippen LogP contribution in [0.15, 0.2) is 10.2 Å². The molecule has 0 saturated heterocycles. The molecule has 0 aromatic rings. The molecule has 21 heavy (non-hydrogen) atoms. The van der Waals surface area contributed by atoms with Crippen LogP contribution in [0.4, 0.5) is 0 Å². The first kappa shape index (κ1) is 24.4. The van der Waals surface area contributed by atoms with Crippen LogP contribution in [0.2, 0.25) is 0 Å². The molecule has 2 unspecified atom stereocenters. The molecule has 0 aromatic carbocycles. The maximum atomic E-state index is 8.47. The Hall–Kier alpha value is -1.58. The first-order valence-corrected chi connectivity index (χ1v) is 6.21. The standard InChI is InChI=1S/C4H10O.2C3H7N3O2/c1-3-5-4-2;2*4-6-5-1-3(8)2-7/h3-4H2,1-2H3;2*3,7-8H,1-2H2. The van der Waals surface area contributed by atoms with Crippen molar-refractivity contribution in [3.05, 3.63) is 20.9 Å². The van der Waals surface area contributed by atoms with E-state index >= 15 is 0 Å². The summed E-state index contributed by atoms with van der Waals surface area (Å²) in [6, 6.07) is 0. The van der Waals surface area contributed by atoms with Gasteiger partial charge in [0, 0.05) is 23.0 Å². The third kappa shape index (κ3) is 32.2. The van der Waals surface area contributed by atoms with Crippen molar-refractivity contribution >= 4 is 0 Å². The first-order chi connectivity index (χ1) is 10.0. The highest BCUT2D eigenvalue weighted by Crippen LogP contribution is 1.81. The molecule has 11 heteroatoms. The summed E-state index contributed by atoms with van der Waals surface area (Å²) in [7, 11) is 0. The predicted molar refractivity (Wildman–Crippen MR) is 76.4 cm³/mol. The van der Waals surface area contributed by atoms with Gasteiger partial charge < -0.3 is 25.2 Å². The second kappa shape index (κ2) is 23.5. The van der Waals surface area contributed by atoms with Gasteiger partial charge in [-0.3, -0.25) is 0 Å². The van der Waals surface area contributed by atoms with Crippen molar-refractivity contribution in [2.75, 3.05) is 39.5 Å². The van der Waals surface area contributed by atoms with Gasteiger partial charge in [-0.05, 0) is 24.9 Å². The number of rotatable bonds is 8. The maximum Gasteiger partial charge on any atom is 0.0827 e. The molecule has 0 aliphatic carbocycles. The molecular weight excluding hydrogens is 284 g/mol. The molecule has 2 atom stereocenters. The quantitative estimate of drug-likeness (QED) is 0.285. The third-order valence-corrected chi connectivity index (χ3v) is 1.54. The number of hydrogen-bond acceptors (Lipinski definition) is 7. The molecular formula is C10H24N6O5. The smallest absolute Gasteiger partial charge is 0.0827 e. The van der Waals surface area contributed by atoms with Crippen LogP contribution < -0.4 is 0 Å². The lowest BCUT2D eigenvalue weighted by atomic mass is 10.4. The molecule has 0 aliphatic heterocycles. The van der Waals surface area contributed by atoms with Crippen LogP contribution in [0.3, 0.4) is 0 Å². The van der Waals surface area contributed by atoms with Crippen molar-refractivity contribution < 1.29 is 25.2 Å². The summed E-state index contributed by atoms with van der Waals surface area (Å²) in [5, 5.41) is 39.2. The van der Waals surface area contributed by atoms with Gasteiger partial charge in [0.25, 0.3) is 0 Å². The molecule has 0 spiro atoms. The minimum Gasteiger partial charge on any atom is -0.394 e. The van der Waals surface area contributed by atoms with Crippen molar-refractivity contribution in [2.24, 2.45) is 10.2 Å². The predicted octanol–water partition coefficient (Wildman–Crippen LogP) is 0.343. The number of aliphatic hydroxyl groups is 4. The Morgan fingerprint density at radius 3 is 1.38 bits per heavy atom. The number of aliphatic hydroxyl groups excluding tert-OH is 4. The van der Waals surface area contributed by atoms with E-state index in [-0.39, 0.29) is 26.3 Å². The zero-order chi connectivity index (χ0) is 16.9. The minimum absolute atomic E-state index is 0.0625. The summed E-state index contributed by atoms with van der Waals surface area (Å²) in [5.41, 5.74) is 15.4. The van der Waals surface area contributed by atoms with Gasteiger partial charge in [0.05, 0.1) is 38.5 Å². The Morgan fingerprint density at radius 1 is 0.905 bits per heavy atom. The lowest BCUT2D eigenvalue weighted by Crippen LogP contribution is -2.14. The van der Waals surface area contributed by atoms with E-state index < -0.39 is 12.2 Å². The minimum atomic E-state index is -0.911. The summed E-state index contributed by atoms with van der Waals surface area (Å²) in [4.78, 5) is 4.76. The Balaban J connectivity index is -0.000000239. The second-order valence-corrected chi connectivity index (χ2v) is 3.28. The molecule has 0 aliphatic rings. The highest BCUT2D eigenvalue weighted by atomic mass is 16.5. The maximum absolute atomic E-state index is 8.47. The lowest BCUT2D eigenvalue weighted by Gasteiger charge is -1.97. The first-order valence-electron chi connectivity index (χ1n) is 6.21. The van der Waals surface area contributed by atoms with Gasteiger partial charge in [0.15, 0.2) is 0 Å². The Morgan fingerprint density at radius 2 is 1.24 bits per heavy atom. The fourth-order valence-electron chi connectivity index (χ4n) is 0.581. The number of nitrogens with zero attached hydrogens (tertiary/aromatic N) is 6. The molecule has 4 N–H and O–H groups in total. The number of azide groups is 2. The van der Waals surface area contributed by atoms with Gasteiger partial charge in [-0.2, -0.15) is 0 Å². The van der Waals surface area contributed by atoms with Crippen molar-refractivity contribution in [1.29, 1.82) is 0 Å². The summed E-state index contributed by atoms with van der Waals surface area (Å²) in [5.74, 6) is 0. The van der Waals surface area contributed by atoms with Crippen LogP contribution in [-0.4, -0.2) is 72.2 Å². The fraction of sp³-hybridized carbons (Fsp3) is 1.00. The van der Waals surface area contributed by atoms with Crippen LogP contribution in [0.25, 0.3) is 20.9 Å². The van der Waals surface area contributed by atoms with E-state index in [4.69, 9.17) is 36.2 Å². The van der Waals surface area contributed by atoms with Gasteiger partial charge in [-0.1, -0.05) is 10.2 Å². The van der Waals surface area contributed by atoms with Gasteiger partial charge in [-0.15, -0.1) is 0 Å². The Bertz CT molecular complexity index is 266. The average Bonchev–Trinajstić information content (AvgIpc) is 2.52. The van der Waals surface area contributed by atoms with Crippen LogP contribution >= 0.6 is 0 Å². The summed E-state index contributed by atoms with van der Waals surface area (Å²) >= 11 is 0. The normalized spacial score (nSPS) is 11.3. The molecule has 11 nitrogen and oxygen atoms in total. The van der Waals surface area contributed by atoms with E-state index in [1.54, 1.807) is 0 Å². The number of hydrogen-bond donors (Lipinski definition) is 4. The van der Waals surface area contributed by atoms with Crippen LogP contribution in [0.1, 0.15) is 13.8 Å². The van der Waals surface area contributed by atoms with Crippen LogP contribution in [0, 0.1) is 0 Å². The molecule has 124 valence electrons. The molecule has 0 aromatic heterocycles. The largest absolute Gasteiger partial charge is 0.394 e. The monoisotopic (exact) mass is 308 g/mol. The SMILES string of the molecule is CCOCC.[N-]=[N+]=NCC(O)CO.[N-]=[N+]=NCC(O)CO. The highest BCUT2D eigenvalue weighted by molar-refractivity contribution is 4.56.